The topological polar surface area (TPSA) is 101 Å². The van der Waals surface area contributed by atoms with E-state index in [9.17, 15) is 19.4 Å². The van der Waals surface area contributed by atoms with E-state index < -0.39 is 25.6 Å². The second-order valence-corrected chi connectivity index (χ2v) is 6.04. The maximum Gasteiger partial charge on any atom is 0.509 e. The minimum atomic E-state index is -2.52. The van der Waals surface area contributed by atoms with Gasteiger partial charge in [0.2, 0.25) is 5.66 Å². The van der Waals surface area contributed by atoms with Gasteiger partial charge >= 0.3 is 14.0 Å². The molecule has 20 heavy (non-hydrogen) atoms. The third-order valence-corrected chi connectivity index (χ3v) is 4.54. The molecular formula is C14H21NO4P+. The lowest BCUT2D eigenvalue weighted by Gasteiger charge is -2.14. The lowest BCUT2D eigenvalue weighted by molar-refractivity contribution is -0.142. The van der Waals surface area contributed by atoms with Crippen LogP contribution in [0, 0.1) is 5.92 Å². The molecule has 3 unspecified atom stereocenters. The summed E-state index contributed by atoms with van der Waals surface area (Å²) in [6, 6.07) is 9.77. The molecule has 1 aromatic rings. The lowest BCUT2D eigenvalue weighted by Crippen LogP contribution is -2.28. The van der Waals surface area contributed by atoms with Crippen LogP contribution < -0.4 is 5.73 Å². The fourth-order valence-electron chi connectivity index (χ4n) is 2.29. The van der Waals surface area contributed by atoms with Gasteiger partial charge in [-0.3, -0.25) is 4.79 Å². The predicted molar refractivity (Wildman–Crippen MR) is 77.8 cm³/mol. The molecule has 3 atom stereocenters. The van der Waals surface area contributed by atoms with Gasteiger partial charge in [0.05, 0.1) is 0 Å². The minimum Gasteiger partial charge on any atom is -0.481 e. The number of aryl methyl sites for hydroxylation is 1. The molecule has 0 aliphatic carbocycles. The van der Waals surface area contributed by atoms with Crippen molar-refractivity contribution in [1.82, 2.24) is 0 Å². The third kappa shape index (κ3) is 5.37. The first-order valence-corrected chi connectivity index (χ1v) is 7.96. The maximum absolute atomic E-state index is 11.3. The second-order valence-electron chi connectivity index (χ2n) is 4.77. The average Bonchev–Trinajstić information content (AvgIpc) is 2.42. The van der Waals surface area contributed by atoms with Crippen molar-refractivity contribution in [1.29, 1.82) is 0 Å². The highest BCUT2D eigenvalue weighted by molar-refractivity contribution is 7.39. The Morgan fingerprint density at radius 3 is 2.40 bits per heavy atom. The molecule has 0 amide bonds. The van der Waals surface area contributed by atoms with Crippen molar-refractivity contribution in [2.45, 2.75) is 31.3 Å². The number of carbonyl (C=O) groups is 1. The van der Waals surface area contributed by atoms with E-state index in [0.29, 0.717) is 12.8 Å². The van der Waals surface area contributed by atoms with Crippen LogP contribution in [-0.2, 0) is 15.8 Å². The van der Waals surface area contributed by atoms with Gasteiger partial charge in [0.15, 0.2) is 0 Å². The lowest BCUT2D eigenvalue weighted by atomic mass is 9.95. The molecule has 6 heteroatoms. The number of carboxylic acids is 1. The quantitative estimate of drug-likeness (QED) is 0.606. The second kappa shape index (κ2) is 8.80. The largest absolute Gasteiger partial charge is 0.509 e. The molecule has 110 valence electrons. The Hall–Kier alpha value is -1.29. The highest BCUT2D eigenvalue weighted by atomic mass is 31.1. The molecule has 0 saturated carbocycles. The number of benzene rings is 1. The van der Waals surface area contributed by atoms with E-state index in [1.165, 1.54) is 0 Å². The molecule has 0 heterocycles. The van der Waals surface area contributed by atoms with E-state index in [2.05, 4.69) is 0 Å². The molecule has 1 rings (SSSR count). The average molecular weight is 298 g/mol. The van der Waals surface area contributed by atoms with E-state index >= 15 is 0 Å². The third-order valence-electron chi connectivity index (χ3n) is 3.35. The summed E-state index contributed by atoms with van der Waals surface area (Å²) in [4.78, 5) is 20.6. The monoisotopic (exact) mass is 298 g/mol. The van der Waals surface area contributed by atoms with E-state index in [-0.39, 0.29) is 13.0 Å². The van der Waals surface area contributed by atoms with Gasteiger partial charge in [-0.15, -0.1) is 0 Å². The Kier molecular flexibility index (Phi) is 7.37. The summed E-state index contributed by atoms with van der Waals surface area (Å²) < 4.78 is 11.3. The van der Waals surface area contributed by atoms with Gasteiger partial charge in [-0.1, -0.05) is 30.3 Å². The van der Waals surface area contributed by atoms with Crippen molar-refractivity contribution in [3.63, 3.8) is 0 Å². The van der Waals surface area contributed by atoms with E-state index in [4.69, 9.17) is 5.73 Å². The first kappa shape index (κ1) is 16.8. The summed E-state index contributed by atoms with van der Waals surface area (Å²) >= 11 is 0. The summed E-state index contributed by atoms with van der Waals surface area (Å²) in [5, 5.41) is 9.24. The van der Waals surface area contributed by atoms with Crippen LogP contribution in [0.3, 0.4) is 0 Å². The zero-order valence-corrected chi connectivity index (χ0v) is 12.2. The van der Waals surface area contributed by atoms with Crippen molar-refractivity contribution in [3.8, 4) is 0 Å². The number of hydrogen-bond acceptors (Lipinski definition) is 3. The van der Waals surface area contributed by atoms with Gasteiger partial charge in [-0.25, -0.2) is 0 Å². The molecule has 0 aliphatic heterocycles. The summed E-state index contributed by atoms with van der Waals surface area (Å²) in [6.07, 6.45) is 2.08. The van der Waals surface area contributed by atoms with Crippen LogP contribution in [0.5, 0.6) is 0 Å². The van der Waals surface area contributed by atoms with Crippen LogP contribution in [0.25, 0.3) is 0 Å². The fourth-order valence-corrected chi connectivity index (χ4v) is 3.24. The number of carboxylic acid groups (broad SMARTS) is 1. The van der Waals surface area contributed by atoms with Crippen molar-refractivity contribution in [2.75, 3.05) is 6.54 Å². The Labute approximate surface area is 119 Å². The van der Waals surface area contributed by atoms with Crippen molar-refractivity contribution in [3.05, 3.63) is 35.9 Å². The van der Waals surface area contributed by atoms with Gasteiger partial charge in [0.1, 0.15) is 5.92 Å². The van der Waals surface area contributed by atoms with Crippen molar-refractivity contribution < 1.29 is 19.4 Å². The molecule has 0 saturated heterocycles. The summed E-state index contributed by atoms with van der Waals surface area (Å²) in [7, 11) is -2.52. The number of rotatable bonds is 9. The number of nitrogens with two attached hydrogens (primary N) is 1. The first-order valence-electron chi connectivity index (χ1n) is 6.68. The summed E-state index contributed by atoms with van der Waals surface area (Å²) in [6.45, 7) is 0.217. The van der Waals surface area contributed by atoms with Crippen LogP contribution in [0.2, 0.25) is 0 Å². The molecule has 0 radical (unpaired) electrons. The Morgan fingerprint density at radius 2 is 1.90 bits per heavy atom. The van der Waals surface area contributed by atoms with Gasteiger partial charge in [-0.2, -0.15) is 4.89 Å². The van der Waals surface area contributed by atoms with E-state index in [1.807, 2.05) is 30.3 Å². The molecule has 0 aromatic heterocycles. The van der Waals surface area contributed by atoms with Crippen LogP contribution in [-0.4, -0.2) is 28.2 Å². The van der Waals surface area contributed by atoms with Crippen LogP contribution in [0.1, 0.15) is 24.8 Å². The molecule has 4 N–H and O–H groups in total. The molecule has 5 nitrogen and oxygen atoms in total. The Morgan fingerprint density at radius 1 is 1.25 bits per heavy atom. The summed E-state index contributed by atoms with van der Waals surface area (Å²) in [5.41, 5.74) is 5.77. The van der Waals surface area contributed by atoms with Crippen molar-refractivity contribution >= 4 is 14.0 Å². The number of aliphatic carboxylic acids is 1. The van der Waals surface area contributed by atoms with Gasteiger partial charge in [-0.05, 0) is 35.9 Å². The molecular weight excluding hydrogens is 277 g/mol. The minimum absolute atomic E-state index is 0.217. The van der Waals surface area contributed by atoms with E-state index in [1.54, 1.807) is 0 Å². The molecule has 0 aliphatic rings. The molecule has 0 bridgehead atoms. The Balaban J connectivity index is 2.58. The van der Waals surface area contributed by atoms with Gasteiger partial charge < -0.3 is 10.8 Å². The fraction of sp³-hybridized carbons (Fsp3) is 0.500. The predicted octanol–water partition coefficient (Wildman–Crippen LogP) is 2.16. The zero-order chi connectivity index (χ0) is 15.0. The Bertz CT molecular complexity index is 438. The SMILES string of the molecule is NCCC(C(CCCc1ccccc1)C(=O)O)[P+](=O)O. The molecule has 1 aromatic carbocycles. The van der Waals surface area contributed by atoms with Gasteiger partial charge in [0, 0.05) is 6.42 Å². The maximum atomic E-state index is 11.3. The number of hydrogen-bond donors (Lipinski definition) is 3. The highest BCUT2D eigenvalue weighted by Crippen LogP contribution is 2.34. The molecule has 0 spiro atoms. The van der Waals surface area contributed by atoms with Crippen LogP contribution >= 0.6 is 8.03 Å². The normalized spacial score (nSPS) is 14.6. The standard InChI is InChI=1S/C14H20NO4P/c15-10-9-13(20(18)19)12(14(16)17)8-4-7-11-5-2-1-3-6-11/h1-3,5-6,12-13H,4,7-10,15H2,(H-,16,17,18,19)/p+1. The van der Waals surface area contributed by atoms with E-state index in [0.717, 1.165) is 12.0 Å². The van der Waals surface area contributed by atoms with Gasteiger partial charge in [0.25, 0.3) is 0 Å². The van der Waals surface area contributed by atoms with Crippen LogP contribution in [0.15, 0.2) is 30.3 Å². The van der Waals surface area contributed by atoms with Crippen molar-refractivity contribution in [2.24, 2.45) is 11.7 Å². The van der Waals surface area contributed by atoms with Crippen LogP contribution in [0.4, 0.5) is 0 Å². The molecule has 0 fully saturated rings. The highest BCUT2D eigenvalue weighted by Gasteiger charge is 2.40. The summed E-state index contributed by atoms with van der Waals surface area (Å²) in [5.74, 6) is -1.83. The smallest absolute Gasteiger partial charge is 0.481 e. The zero-order valence-electron chi connectivity index (χ0n) is 11.3. The first-order chi connectivity index (χ1) is 9.56.